The van der Waals surface area contributed by atoms with Gasteiger partial charge < -0.3 is 5.11 Å². The number of hydrogen-bond acceptors (Lipinski definition) is 3. The fraction of sp³-hybridized carbons (Fsp3) is 0.400. The highest BCUT2D eigenvalue weighted by molar-refractivity contribution is 7.87. The first-order chi connectivity index (χ1) is 8.24. The van der Waals surface area contributed by atoms with Gasteiger partial charge in [0.05, 0.1) is 11.1 Å². The molecule has 1 unspecified atom stereocenters. The smallest absolute Gasteiger partial charge is 0.279 e. The van der Waals surface area contributed by atoms with Gasteiger partial charge in [0.25, 0.3) is 10.2 Å². The molecule has 0 saturated carbocycles. The molecule has 1 aromatic rings. The highest BCUT2D eigenvalue weighted by atomic mass is 35.5. The van der Waals surface area contributed by atoms with Crippen LogP contribution in [0.3, 0.4) is 0 Å². The Morgan fingerprint density at radius 1 is 1.50 bits per heavy atom. The maximum atomic E-state index is 13.2. The van der Waals surface area contributed by atoms with Gasteiger partial charge >= 0.3 is 0 Å². The second-order valence-electron chi connectivity index (χ2n) is 3.83. The number of benzene rings is 1. The molecule has 1 rings (SSSR count). The third-order valence-corrected chi connectivity index (χ3v) is 4.07. The van der Waals surface area contributed by atoms with Gasteiger partial charge in [0, 0.05) is 20.6 Å². The van der Waals surface area contributed by atoms with Crippen molar-refractivity contribution in [1.29, 1.82) is 0 Å². The Morgan fingerprint density at radius 3 is 2.61 bits per heavy atom. The van der Waals surface area contributed by atoms with Crippen LogP contribution in [0.1, 0.15) is 11.7 Å². The largest absolute Gasteiger partial charge is 0.387 e. The van der Waals surface area contributed by atoms with Crippen molar-refractivity contribution >= 4 is 21.8 Å². The molecule has 18 heavy (non-hydrogen) atoms. The average Bonchev–Trinajstić information content (AvgIpc) is 2.29. The van der Waals surface area contributed by atoms with Crippen LogP contribution in [0.2, 0.25) is 5.02 Å². The third kappa shape index (κ3) is 3.89. The van der Waals surface area contributed by atoms with Crippen LogP contribution < -0.4 is 4.72 Å². The van der Waals surface area contributed by atoms with Gasteiger partial charge in [-0.05, 0) is 17.7 Å². The topological polar surface area (TPSA) is 69.6 Å². The molecular weight excluding hydrogens is 283 g/mol. The van der Waals surface area contributed by atoms with Crippen LogP contribution in [-0.4, -0.2) is 38.5 Å². The summed E-state index contributed by atoms with van der Waals surface area (Å²) in [7, 11) is -0.900. The molecule has 0 spiro atoms. The molecule has 1 aromatic carbocycles. The van der Waals surface area contributed by atoms with E-state index >= 15 is 0 Å². The van der Waals surface area contributed by atoms with Gasteiger partial charge in [0.2, 0.25) is 0 Å². The Kier molecular flexibility index (Phi) is 5.06. The molecule has 0 bridgehead atoms. The Morgan fingerprint density at radius 2 is 2.11 bits per heavy atom. The molecule has 102 valence electrons. The van der Waals surface area contributed by atoms with Gasteiger partial charge in [0.1, 0.15) is 5.82 Å². The molecule has 0 radical (unpaired) electrons. The van der Waals surface area contributed by atoms with Crippen molar-refractivity contribution in [2.24, 2.45) is 0 Å². The lowest BCUT2D eigenvalue weighted by atomic mass is 10.1. The maximum Gasteiger partial charge on any atom is 0.279 e. The highest BCUT2D eigenvalue weighted by Crippen LogP contribution is 2.20. The first-order valence-electron chi connectivity index (χ1n) is 5.04. The van der Waals surface area contributed by atoms with Crippen LogP contribution in [0.5, 0.6) is 0 Å². The molecule has 0 aliphatic carbocycles. The van der Waals surface area contributed by atoms with E-state index in [4.69, 9.17) is 11.6 Å². The van der Waals surface area contributed by atoms with Gasteiger partial charge in [-0.2, -0.15) is 17.4 Å². The lowest BCUT2D eigenvalue weighted by molar-refractivity contribution is 0.181. The van der Waals surface area contributed by atoms with Crippen molar-refractivity contribution in [1.82, 2.24) is 9.03 Å². The van der Waals surface area contributed by atoms with E-state index in [9.17, 15) is 17.9 Å². The van der Waals surface area contributed by atoms with E-state index in [0.717, 1.165) is 10.4 Å². The zero-order valence-electron chi connectivity index (χ0n) is 9.89. The fourth-order valence-corrected chi connectivity index (χ4v) is 1.90. The summed E-state index contributed by atoms with van der Waals surface area (Å²) >= 11 is 5.50. The predicted molar refractivity (Wildman–Crippen MR) is 67.0 cm³/mol. The lowest BCUT2D eigenvalue weighted by Crippen LogP contribution is -2.37. The van der Waals surface area contributed by atoms with Gasteiger partial charge in [-0.25, -0.2) is 4.39 Å². The predicted octanol–water partition coefficient (Wildman–Crippen LogP) is 0.909. The lowest BCUT2D eigenvalue weighted by Gasteiger charge is -2.16. The van der Waals surface area contributed by atoms with Crippen molar-refractivity contribution < 1.29 is 17.9 Å². The molecule has 2 N–H and O–H groups in total. The summed E-state index contributed by atoms with van der Waals surface area (Å²) in [4.78, 5) is 0. The van der Waals surface area contributed by atoms with Gasteiger partial charge in [0.15, 0.2) is 0 Å². The molecule has 0 fully saturated rings. The fourth-order valence-electron chi connectivity index (χ4n) is 1.15. The van der Waals surface area contributed by atoms with E-state index in [2.05, 4.69) is 4.72 Å². The normalized spacial score (nSPS) is 13.9. The Bertz CT molecular complexity index is 522. The molecular formula is C10H14ClFN2O3S. The van der Waals surface area contributed by atoms with Crippen LogP contribution in [-0.2, 0) is 10.2 Å². The van der Waals surface area contributed by atoms with E-state index < -0.39 is 22.1 Å². The van der Waals surface area contributed by atoms with Crippen LogP contribution in [0.4, 0.5) is 4.39 Å². The molecule has 5 nitrogen and oxygen atoms in total. The van der Waals surface area contributed by atoms with Crippen molar-refractivity contribution in [3.63, 3.8) is 0 Å². The van der Waals surface area contributed by atoms with E-state index in [-0.39, 0.29) is 17.1 Å². The number of nitrogens with one attached hydrogen (secondary N) is 1. The number of halogens is 2. The minimum atomic E-state index is -3.62. The molecule has 0 heterocycles. The van der Waals surface area contributed by atoms with E-state index in [0.29, 0.717) is 0 Å². The first-order valence-corrected chi connectivity index (χ1v) is 6.86. The SMILES string of the molecule is CN(C)S(=O)(=O)NCC(O)c1ccc(Cl)c(F)c1. The zero-order chi connectivity index (χ0) is 13.9. The maximum absolute atomic E-state index is 13.2. The standard InChI is InChI=1S/C10H14ClFN2O3S/c1-14(2)18(16,17)13-6-10(15)7-3-4-8(11)9(12)5-7/h3-5,10,13,15H,6H2,1-2H3. The summed E-state index contributed by atoms with van der Waals surface area (Å²) in [5, 5.41) is 9.67. The van der Waals surface area contributed by atoms with Gasteiger partial charge in [-0.1, -0.05) is 17.7 Å². The highest BCUT2D eigenvalue weighted by Gasteiger charge is 2.16. The van der Waals surface area contributed by atoms with E-state index in [1.807, 2.05) is 0 Å². The monoisotopic (exact) mass is 296 g/mol. The minimum absolute atomic E-state index is 0.0557. The number of rotatable bonds is 5. The first kappa shape index (κ1) is 15.3. The summed E-state index contributed by atoms with van der Waals surface area (Å²) in [5.41, 5.74) is 0.248. The van der Waals surface area contributed by atoms with E-state index in [1.54, 1.807) is 0 Å². The van der Waals surface area contributed by atoms with Crippen LogP contribution in [0.25, 0.3) is 0 Å². The van der Waals surface area contributed by atoms with Crippen molar-refractivity contribution in [2.75, 3.05) is 20.6 Å². The van der Waals surface area contributed by atoms with Crippen LogP contribution in [0.15, 0.2) is 18.2 Å². The zero-order valence-corrected chi connectivity index (χ0v) is 11.5. The molecule has 0 aliphatic rings. The molecule has 0 aliphatic heterocycles. The van der Waals surface area contributed by atoms with Gasteiger partial charge in [-0.15, -0.1) is 0 Å². The number of nitrogens with zero attached hydrogens (tertiary/aromatic N) is 1. The van der Waals surface area contributed by atoms with Crippen molar-refractivity contribution in [3.05, 3.63) is 34.6 Å². The van der Waals surface area contributed by atoms with Crippen molar-refractivity contribution in [2.45, 2.75) is 6.10 Å². The summed E-state index contributed by atoms with van der Waals surface area (Å²) in [6, 6.07) is 3.80. The van der Waals surface area contributed by atoms with Crippen molar-refractivity contribution in [3.8, 4) is 0 Å². The van der Waals surface area contributed by atoms with E-state index in [1.165, 1.54) is 26.2 Å². The number of aliphatic hydroxyl groups is 1. The quantitative estimate of drug-likeness (QED) is 0.848. The molecule has 0 saturated heterocycles. The molecule has 1 atom stereocenters. The van der Waals surface area contributed by atoms with Gasteiger partial charge in [-0.3, -0.25) is 0 Å². The Balaban J connectivity index is 2.72. The molecule has 0 aromatic heterocycles. The minimum Gasteiger partial charge on any atom is -0.387 e. The van der Waals surface area contributed by atoms with Crippen LogP contribution in [0, 0.1) is 5.82 Å². The summed E-state index contributed by atoms with van der Waals surface area (Å²) < 4.78 is 39.1. The second-order valence-corrected chi connectivity index (χ2v) is 6.20. The number of hydrogen-bond donors (Lipinski definition) is 2. The molecule has 8 heteroatoms. The second kappa shape index (κ2) is 5.94. The summed E-state index contributed by atoms with van der Waals surface area (Å²) in [6.07, 6.45) is -1.15. The number of aliphatic hydroxyl groups excluding tert-OH is 1. The Labute approximate surface area is 110 Å². The summed E-state index contributed by atoms with van der Waals surface area (Å²) in [5.74, 6) is -0.663. The van der Waals surface area contributed by atoms with Crippen LogP contribution >= 0.6 is 11.6 Å². The average molecular weight is 297 g/mol. The Hall–Kier alpha value is -0.730. The third-order valence-electron chi connectivity index (χ3n) is 2.27. The summed E-state index contributed by atoms with van der Waals surface area (Å²) in [6.45, 7) is -0.248. The molecule has 0 amide bonds.